The van der Waals surface area contributed by atoms with Gasteiger partial charge in [-0.2, -0.15) is 0 Å². The molecule has 0 saturated carbocycles. The van der Waals surface area contributed by atoms with E-state index in [1.807, 2.05) is 0 Å². The summed E-state index contributed by atoms with van der Waals surface area (Å²) in [5.74, 6) is -1.36. The number of primary sulfonamides is 1. The highest BCUT2D eigenvalue weighted by Crippen LogP contribution is 2.18. The maximum Gasteiger partial charge on any atom is 0.254 e. The molecule has 0 aromatic heterocycles. The third kappa shape index (κ3) is 4.53. The molecule has 146 valence electrons. The number of carbonyl (C=O) groups excluding carboxylic acids is 3. The Kier molecular flexibility index (Phi) is 5.43. The van der Waals surface area contributed by atoms with Crippen molar-refractivity contribution in [2.75, 3.05) is 5.32 Å². The number of rotatable bonds is 5. The second-order valence-corrected chi connectivity index (χ2v) is 7.79. The van der Waals surface area contributed by atoms with Gasteiger partial charge in [0.25, 0.3) is 5.91 Å². The number of benzene rings is 2. The quantitative estimate of drug-likeness (QED) is 0.560. The number of sulfonamides is 1. The van der Waals surface area contributed by atoms with E-state index in [-0.39, 0.29) is 17.9 Å². The SMILES string of the molecule is NS(=O)(=O)c1ccc(CNC(=O)C[C@H]2NC(=O)c3ccccc3NC2=O)cc1. The van der Waals surface area contributed by atoms with Crippen molar-refractivity contribution in [2.24, 2.45) is 5.14 Å². The minimum absolute atomic E-state index is 0.0278. The van der Waals surface area contributed by atoms with Crippen LogP contribution in [0, 0.1) is 0 Å². The molecule has 2 aromatic carbocycles. The molecule has 3 rings (SSSR count). The number of carbonyl (C=O) groups is 3. The molecule has 28 heavy (non-hydrogen) atoms. The highest BCUT2D eigenvalue weighted by Gasteiger charge is 2.29. The highest BCUT2D eigenvalue weighted by atomic mass is 32.2. The van der Waals surface area contributed by atoms with Crippen molar-refractivity contribution in [3.05, 3.63) is 59.7 Å². The minimum atomic E-state index is -3.78. The van der Waals surface area contributed by atoms with Crippen LogP contribution in [0.15, 0.2) is 53.4 Å². The summed E-state index contributed by atoms with van der Waals surface area (Å²) in [6, 6.07) is 11.3. The predicted molar refractivity (Wildman–Crippen MR) is 101 cm³/mol. The van der Waals surface area contributed by atoms with Crippen molar-refractivity contribution >= 4 is 33.4 Å². The fourth-order valence-corrected chi connectivity index (χ4v) is 3.23. The van der Waals surface area contributed by atoms with Crippen molar-refractivity contribution in [3.8, 4) is 0 Å². The number of nitrogens with two attached hydrogens (primary N) is 1. The molecule has 3 amide bonds. The van der Waals surface area contributed by atoms with Gasteiger partial charge in [-0.15, -0.1) is 0 Å². The zero-order chi connectivity index (χ0) is 20.3. The van der Waals surface area contributed by atoms with Crippen molar-refractivity contribution in [3.63, 3.8) is 0 Å². The molecule has 0 bridgehead atoms. The maximum absolute atomic E-state index is 12.3. The first-order valence-corrected chi connectivity index (χ1v) is 9.88. The summed E-state index contributed by atoms with van der Waals surface area (Å²) in [6.07, 6.45) is -0.235. The molecule has 0 fully saturated rings. The van der Waals surface area contributed by atoms with Crippen LogP contribution in [0.3, 0.4) is 0 Å². The highest BCUT2D eigenvalue weighted by molar-refractivity contribution is 7.89. The van der Waals surface area contributed by atoms with Crippen LogP contribution >= 0.6 is 0 Å². The van der Waals surface area contributed by atoms with Crippen LogP contribution in [-0.2, 0) is 26.2 Å². The molecule has 10 heteroatoms. The molecule has 0 unspecified atom stereocenters. The predicted octanol–water partition coefficient (Wildman–Crippen LogP) is 0.0910. The summed E-state index contributed by atoms with van der Waals surface area (Å²) in [4.78, 5) is 36.7. The van der Waals surface area contributed by atoms with Gasteiger partial charge in [-0.25, -0.2) is 13.6 Å². The number of fused-ring (bicyclic) bond motifs is 1. The molecule has 0 radical (unpaired) electrons. The topological polar surface area (TPSA) is 147 Å². The van der Waals surface area contributed by atoms with E-state index in [0.29, 0.717) is 16.8 Å². The third-order valence-electron chi connectivity index (χ3n) is 4.18. The number of anilines is 1. The zero-order valence-electron chi connectivity index (χ0n) is 14.6. The minimum Gasteiger partial charge on any atom is -0.352 e. The number of amides is 3. The van der Waals surface area contributed by atoms with Gasteiger partial charge < -0.3 is 16.0 Å². The van der Waals surface area contributed by atoms with Gasteiger partial charge in [0, 0.05) is 6.54 Å². The Balaban J connectivity index is 1.59. The fourth-order valence-electron chi connectivity index (χ4n) is 2.71. The van der Waals surface area contributed by atoms with E-state index in [0.717, 1.165) is 0 Å². The monoisotopic (exact) mass is 402 g/mol. The average Bonchev–Trinajstić information content (AvgIpc) is 2.76. The molecular formula is C18H18N4O5S. The van der Waals surface area contributed by atoms with Crippen LogP contribution < -0.4 is 21.1 Å². The molecular weight excluding hydrogens is 384 g/mol. The Morgan fingerprint density at radius 1 is 1.07 bits per heavy atom. The molecule has 9 nitrogen and oxygen atoms in total. The second kappa shape index (κ2) is 7.79. The van der Waals surface area contributed by atoms with Crippen LogP contribution in [-0.4, -0.2) is 32.2 Å². The molecule has 1 heterocycles. The first-order valence-electron chi connectivity index (χ1n) is 8.33. The van der Waals surface area contributed by atoms with Gasteiger partial charge in [-0.05, 0) is 29.8 Å². The number of para-hydroxylation sites is 1. The van der Waals surface area contributed by atoms with Crippen LogP contribution in [0.5, 0.6) is 0 Å². The summed E-state index contributed by atoms with van der Waals surface area (Å²) in [6.45, 7) is 0.131. The molecule has 0 saturated heterocycles. The van der Waals surface area contributed by atoms with Crippen molar-refractivity contribution < 1.29 is 22.8 Å². The zero-order valence-corrected chi connectivity index (χ0v) is 15.5. The lowest BCUT2D eigenvalue weighted by molar-refractivity contribution is -0.125. The summed E-state index contributed by atoms with van der Waals surface area (Å²) >= 11 is 0. The Hall–Kier alpha value is -3.24. The lowest BCUT2D eigenvalue weighted by atomic mass is 10.1. The van der Waals surface area contributed by atoms with Crippen LogP contribution in [0.2, 0.25) is 0 Å². The molecule has 1 atom stereocenters. The Morgan fingerprint density at radius 3 is 2.43 bits per heavy atom. The van der Waals surface area contributed by atoms with Gasteiger partial charge in [0.05, 0.1) is 22.6 Å². The van der Waals surface area contributed by atoms with Gasteiger partial charge in [-0.3, -0.25) is 14.4 Å². The van der Waals surface area contributed by atoms with Crippen LogP contribution in [0.25, 0.3) is 0 Å². The lowest BCUT2D eigenvalue weighted by Crippen LogP contribution is -2.44. The van der Waals surface area contributed by atoms with Crippen LogP contribution in [0.1, 0.15) is 22.3 Å². The molecule has 2 aromatic rings. The van der Waals surface area contributed by atoms with E-state index in [1.165, 1.54) is 24.3 Å². The molecule has 1 aliphatic heterocycles. The smallest absolute Gasteiger partial charge is 0.254 e. The summed E-state index contributed by atoms with van der Waals surface area (Å²) in [5, 5.41) is 12.8. The Labute approximate surface area is 161 Å². The number of hydrogen-bond donors (Lipinski definition) is 4. The summed E-state index contributed by atoms with van der Waals surface area (Å²) in [5.41, 5.74) is 1.37. The van der Waals surface area contributed by atoms with E-state index >= 15 is 0 Å². The number of nitrogens with one attached hydrogen (secondary N) is 3. The first kappa shape index (κ1) is 19.5. The second-order valence-electron chi connectivity index (χ2n) is 6.23. The Bertz CT molecular complexity index is 1030. The fraction of sp³-hybridized carbons (Fsp3) is 0.167. The van der Waals surface area contributed by atoms with Gasteiger partial charge in [0.15, 0.2) is 0 Å². The van der Waals surface area contributed by atoms with Gasteiger partial charge in [0.1, 0.15) is 6.04 Å². The van der Waals surface area contributed by atoms with E-state index in [1.54, 1.807) is 24.3 Å². The maximum atomic E-state index is 12.3. The van der Waals surface area contributed by atoms with Crippen LogP contribution in [0.4, 0.5) is 5.69 Å². The van der Waals surface area contributed by atoms with Crippen molar-refractivity contribution in [1.82, 2.24) is 10.6 Å². The van der Waals surface area contributed by atoms with Crippen molar-refractivity contribution in [1.29, 1.82) is 0 Å². The van der Waals surface area contributed by atoms with E-state index in [9.17, 15) is 22.8 Å². The molecule has 1 aliphatic rings. The van der Waals surface area contributed by atoms with Gasteiger partial charge in [0.2, 0.25) is 21.8 Å². The Morgan fingerprint density at radius 2 is 1.75 bits per heavy atom. The van der Waals surface area contributed by atoms with Crippen molar-refractivity contribution in [2.45, 2.75) is 23.9 Å². The van der Waals surface area contributed by atoms with Gasteiger partial charge in [-0.1, -0.05) is 24.3 Å². The normalized spacial score (nSPS) is 16.4. The average molecular weight is 402 g/mol. The molecule has 0 aliphatic carbocycles. The lowest BCUT2D eigenvalue weighted by Gasteiger charge is -2.14. The number of hydrogen-bond acceptors (Lipinski definition) is 5. The standard InChI is InChI=1S/C18H18N4O5S/c19-28(26,27)12-7-5-11(6-8-12)10-20-16(23)9-15-18(25)21-14-4-2-1-3-13(14)17(24)22-15/h1-8,15H,9-10H2,(H,20,23)(H,21,25)(H,22,24)(H2,19,26,27)/t15-/m1/s1. The molecule has 0 spiro atoms. The van der Waals surface area contributed by atoms with Gasteiger partial charge >= 0.3 is 0 Å². The summed E-state index contributed by atoms with van der Waals surface area (Å²) < 4.78 is 22.5. The third-order valence-corrected chi connectivity index (χ3v) is 5.11. The van der Waals surface area contributed by atoms with E-state index in [4.69, 9.17) is 5.14 Å². The molecule has 5 N–H and O–H groups in total. The van der Waals surface area contributed by atoms with E-state index in [2.05, 4.69) is 16.0 Å². The first-order chi connectivity index (χ1) is 13.2. The van der Waals surface area contributed by atoms with E-state index < -0.39 is 33.8 Å². The largest absolute Gasteiger partial charge is 0.352 e. The summed E-state index contributed by atoms with van der Waals surface area (Å²) in [7, 11) is -3.78.